The van der Waals surface area contributed by atoms with Crippen molar-refractivity contribution in [1.29, 1.82) is 0 Å². The maximum Gasteiger partial charge on any atom is 0.306 e. The van der Waals surface area contributed by atoms with Gasteiger partial charge in [-0.05, 0) is 18.4 Å². The molecule has 0 saturated heterocycles. The molecule has 0 spiro atoms. The van der Waals surface area contributed by atoms with Gasteiger partial charge in [-0.2, -0.15) is 0 Å². The summed E-state index contributed by atoms with van der Waals surface area (Å²) in [7, 11) is 0. The zero-order valence-corrected chi connectivity index (χ0v) is 17.4. The number of nitrogens with zero attached hydrogens (tertiary/aromatic N) is 1. The Kier molecular flexibility index (Phi) is 12.5. The molecule has 0 heterocycles. The van der Waals surface area contributed by atoms with Gasteiger partial charge in [-0.25, -0.2) is 0 Å². The Morgan fingerprint density at radius 3 is 2.53 bits per heavy atom. The van der Waals surface area contributed by atoms with Crippen molar-refractivity contribution in [2.24, 2.45) is 5.92 Å². The largest absolute Gasteiger partial charge is 0.464 e. The van der Waals surface area contributed by atoms with Crippen molar-refractivity contribution in [3.05, 3.63) is 61.2 Å². The summed E-state index contributed by atoms with van der Waals surface area (Å²) in [5, 5.41) is 12.0. The zero-order valence-electron chi connectivity index (χ0n) is 17.4. The van der Waals surface area contributed by atoms with Gasteiger partial charge in [0, 0.05) is 25.9 Å². The molecule has 0 aliphatic rings. The molecule has 2 amide bonds. The Morgan fingerprint density at radius 2 is 1.90 bits per heavy atom. The number of carbonyl (C=O) groups is 3. The molecular formula is C23H32N2O5. The number of hydrogen-bond donors (Lipinski definition) is 2. The third kappa shape index (κ3) is 10.0. The second-order valence-corrected chi connectivity index (χ2v) is 6.79. The van der Waals surface area contributed by atoms with E-state index >= 15 is 0 Å². The van der Waals surface area contributed by atoms with Gasteiger partial charge < -0.3 is 20.1 Å². The van der Waals surface area contributed by atoms with Crippen molar-refractivity contribution >= 4 is 17.8 Å². The number of aliphatic hydroxyl groups is 1. The number of rotatable bonds is 15. The molecule has 0 fully saturated rings. The molecule has 0 bridgehead atoms. The van der Waals surface area contributed by atoms with Crippen LogP contribution in [0.15, 0.2) is 55.6 Å². The number of carbonyl (C=O) groups excluding carboxylic acids is 3. The fraction of sp³-hybridized carbons (Fsp3) is 0.435. The number of ether oxygens (including phenoxy) is 1. The Bertz CT molecular complexity index is 690. The van der Waals surface area contributed by atoms with E-state index in [4.69, 9.17) is 4.74 Å². The fourth-order valence-electron chi connectivity index (χ4n) is 2.82. The standard InChI is InChI=1S/C23H32N2O5/c1-3-5-12-22(28)30-16-13-24-23(29)20(9-4-2)17-21(27)25(14-15-26)18-19-10-7-6-8-11-19/h3-4,6-8,10-11,20,26H,1-2,5,9,12-18H2,(H,24,29). The lowest BCUT2D eigenvalue weighted by molar-refractivity contribution is -0.144. The molecule has 1 aromatic carbocycles. The summed E-state index contributed by atoms with van der Waals surface area (Å²) in [5.41, 5.74) is 0.947. The molecule has 164 valence electrons. The van der Waals surface area contributed by atoms with Crippen molar-refractivity contribution in [2.45, 2.75) is 32.2 Å². The Morgan fingerprint density at radius 1 is 1.17 bits per heavy atom. The molecule has 0 aromatic heterocycles. The van der Waals surface area contributed by atoms with Crippen molar-refractivity contribution in [2.75, 3.05) is 26.3 Å². The topological polar surface area (TPSA) is 95.9 Å². The molecule has 2 N–H and O–H groups in total. The Labute approximate surface area is 178 Å². The average Bonchev–Trinajstić information content (AvgIpc) is 2.75. The summed E-state index contributed by atoms with van der Waals surface area (Å²) in [4.78, 5) is 38.3. The summed E-state index contributed by atoms with van der Waals surface area (Å²) >= 11 is 0. The smallest absolute Gasteiger partial charge is 0.306 e. The van der Waals surface area contributed by atoms with Gasteiger partial charge in [-0.1, -0.05) is 42.5 Å². The first-order valence-electron chi connectivity index (χ1n) is 10.1. The van der Waals surface area contributed by atoms with E-state index in [2.05, 4.69) is 18.5 Å². The van der Waals surface area contributed by atoms with Gasteiger partial charge in [-0.3, -0.25) is 14.4 Å². The Balaban J connectivity index is 2.56. The highest BCUT2D eigenvalue weighted by Gasteiger charge is 2.24. The van der Waals surface area contributed by atoms with Crippen molar-refractivity contribution in [1.82, 2.24) is 10.2 Å². The van der Waals surface area contributed by atoms with Crippen molar-refractivity contribution in [3.8, 4) is 0 Å². The highest BCUT2D eigenvalue weighted by Crippen LogP contribution is 2.14. The highest BCUT2D eigenvalue weighted by atomic mass is 16.5. The van der Waals surface area contributed by atoms with Gasteiger partial charge in [0.2, 0.25) is 11.8 Å². The van der Waals surface area contributed by atoms with E-state index in [-0.39, 0.29) is 56.9 Å². The molecule has 1 aromatic rings. The van der Waals surface area contributed by atoms with Crippen LogP contribution in [-0.2, 0) is 25.7 Å². The van der Waals surface area contributed by atoms with E-state index < -0.39 is 5.92 Å². The van der Waals surface area contributed by atoms with Crippen LogP contribution in [0.5, 0.6) is 0 Å². The van der Waals surface area contributed by atoms with Crippen LogP contribution in [0.3, 0.4) is 0 Å². The minimum Gasteiger partial charge on any atom is -0.464 e. The van der Waals surface area contributed by atoms with E-state index in [1.807, 2.05) is 30.3 Å². The number of aliphatic hydroxyl groups excluding tert-OH is 1. The zero-order chi connectivity index (χ0) is 22.2. The summed E-state index contributed by atoms with van der Waals surface area (Å²) in [6.45, 7) is 7.85. The third-order valence-corrected chi connectivity index (χ3v) is 4.40. The summed E-state index contributed by atoms with van der Waals surface area (Å²) in [5.74, 6) is -1.44. The highest BCUT2D eigenvalue weighted by molar-refractivity contribution is 5.86. The monoisotopic (exact) mass is 416 g/mol. The van der Waals surface area contributed by atoms with Gasteiger partial charge >= 0.3 is 5.97 Å². The number of hydrogen-bond acceptors (Lipinski definition) is 5. The number of amides is 2. The average molecular weight is 417 g/mol. The molecule has 0 saturated carbocycles. The SMILES string of the molecule is C=CCCC(=O)OCCNC(=O)C(CC=C)CC(=O)N(CCO)Cc1ccccc1. The van der Waals surface area contributed by atoms with Crippen LogP contribution in [0.1, 0.15) is 31.2 Å². The lowest BCUT2D eigenvalue weighted by Crippen LogP contribution is -2.39. The van der Waals surface area contributed by atoms with Gasteiger partial charge in [0.1, 0.15) is 6.61 Å². The van der Waals surface area contributed by atoms with E-state index in [0.29, 0.717) is 19.4 Å². The molecule has 7 nitrogen and oxygen atoms in total. The fourth-order valence-corrected chi connectivity index (χ4v) is 2.82. The molecule has 0 radical (unpaired) electrons. The lowest BCUT2D eigenvalue weighted by atomic mass is 9.99. The minimum absolute atomic E-state index is 0.00378. The summed E-state index contributed by atoms with van der Waals surface area (Å²) in [6, 6.07) is 9.47. The van der Waals surface area contributed by atoms with Crippen LogP contribution in [0.4, 0.5) is 0 Å². The number of esters is 1. The van der Waals surface area contributed by atoms with E-state index in [1.54, 1.807) is 17.1 Å². The molecule has 1 unspecified atom stereocenters. The maximum atomic E-state index is 12.8. The number of benzene rings is 1. The summed E-state index contributed by atoms with van der Waals surface area (Å²) < 4.78 is 5.03. The predicted molar refractivity (Wildman–Crippen MR) is 115 cm³/mol. The quantitative estimate of drug-likeness (QED) is 0.260. The Hall–Kier alpha value is -2.93. The van der Waals surface area contributed by atoms with Gasteiger partial charge in [0.05, 0.1) is 19.1 Å². The maximum absolute atomic E-state index is 12.8. The second-order valence-electron chi connectivity index (χ2n) is 6.79. The molecule has 0 aliphatic carbocycles. The van der Waals surface area contributed by atoms with Crippen LogP contribution in [-0.4, -0.2) is 54.1 Å². The van der Waals surface area contributed by atoms with E-state index in [9.17, 15) is 19.5 Å². The predicted octanol–water partition coefficient (Wildman–Crippen LogP) is 2.22. The van der Waals surface area contributed by atoms with Crippen LogP contribution < -0.4 is 5.32 Å². The van der Waals surface area contributed by atoms with Gasteiger partial charge in [-0.15, -0.1) is 13.2 Å². The molecule has 1 rings (SSSR count). The van der Waals surface area contributed by atoms with Gasteiger partial charge in [0.25, 0.3) is 0 Å². The normalized spacial score (nSPS) is 11.2. The number of nitrogens with one attached hydrogen (secondary N) is 1. The lowest BCUT2D eigenvalue weighted by Gasteiger charge is -2.24. The first-order chi connectivity index (χ1) is 14.5. The summed E-state index contributed by atoms with van der Waals surface area (Å²) in [6.07, 6.45) is 4.38. The van der Waals surface area contributed by atoms with Crippen LogP contribution in [0.2, 0.25) is 0 Å². The second kappa shape index (κ2) is 15.0. The van der Waals surface area contributed by atoms with E-state index in [1.165, 1.54) is 0 Å². The number of allylic oxidation sites excluding steroid dienone is 2. The van der Waals surface area contributed by atoms with Crippen molar-refractivity contribution in [3.63, 3.8) is 0 Å². The van der Waals surface area contributed by atoms with Crippen LogP contribution in [0, 0.1) is 5.92 Å². The first-order valence-corrected chi connectivity index (χ1v) is 10.1. The first kappa shape index (κ1) is 25.1. The van der Waals surface area contributed by atoms with E-state index in [0.717, 1.165) is 5.56 Å². The van der Waals surface area contributed by atoms with Crippen molar-refractivity contribution < 1.29 is 24.2 Å². The van der Waals surface area contributed by atoms with Crippen LogP contribution in [0.25, 0.3) is 0 Å². The van der Waals surface area contributed by atoms with Crippen LogP contribution >= 0.6 is 0 Å². The third-order valence-electron chi connectivity index (χ3n) is 4.40. The molecule has 0 aliphatic heterocycles. The molecule has 1 atom stereocenters. The molecule has 7 heteroatoms. The van der Waals surface area contributed by atoms with Gasteiger partial charge in [0.15, 0.2) is 0 Å². The molecular weight excluding hydrogens is 384 g/mol. The molecule has 30 heavy (non-hydrogen) atoms. The minimum atomic E-state index is -0.580.